The minimum Gasteiger partial charge on any atom is -0.486 e. The molecule has 1 aromatic rings. The third kappa shape index (κ3) is 2.61. The van der Waals surface area contributed by atoms with Gasteiger partial charge in [0, 0.05) is 6.42 Å². The molecule has 1 heterocycles. The van der Waals surface area contributed by atoms with Gasteiger partial charge in [-0.15, -0.1) is 0 Å². The van der Waals surface area contributed by atoms with Crippen LogP contribution >= 0.6 is 15.9 Å². The highest BCUT2D eigenvalue weighted by Crippen LogP contribution is 2.42. The normalized spacial score (nSPS) is 13.4. The average molecular weight is 315 g/mol. The minimum atomic E-state index is -0.789. The van der Waals surface area contributed by atoms with Crippen molar-refractivity contribution in [2.45, 2.75) is 26.2 Å². The van der Waals surface area contributed by atoms with Crippen LogP contribution < -0.4 is 9.47 Å². The van der Waals surface area contributed by atoms with Gasteiger partial charge in [-0.3, -0.25) is 4.79 Å². The molecule has 0 amide bonds. The number of fused-ring (bicyclic) bond motifs is 1. The van der Waals surface area contributed by atoms with E-state index in [1.807, 2.05) is 13.0 Å². The summed E-state index contributed by atoms with van der Waals surface area (Å²) in [5.74, 6) is 0.644. The van der Waals surface area contributed by atoms with Crippen molar-refractivity contribution < 1.29 is 19.4 Å². The molecule has 0 saturated heterocycles. The molecular weight excluding hydrogens is 300 g/mol. The number of carboxylic acid groups (broad SMARTS) is 1. The molecule has 1 aromatic carbocycles. The van der Waals surface area contributed by atoms with E-state index in [-0.39, 0.29) is 6.42 Å². The van der Waals surface area contributed by atoms with E-state index in [0.29, 0.717) is 25.4 Å². The molecule has 0 bridgehead atoms. The SMILES string of the molecule is CCc1c(CCC(=O)O)cc2c(c1Br)OCCO2. The van der Waals surface area contributed by atoms with Crippen LogP contribution in [0.15, 0.2) is 10.5 Å². The van der Waals surface area contributed by atoms with Gasteiger partial charge < -0.3 is 14.6 Å². The molecule has 0 atom stereocenters. The molecule has 0 saturated carbocycles. The Morgan fingerprint density at radius 1 is 1.44 bits per heavy atom. The van der Waals surface area contributed by atoms with Gasteiger partial charge in [0.2, 0.25) is 0 Å². The minimum absolute atomic E-state index is 0.124. The molecule has 18 heavy (non-hydrogen) atoms. The summed E-state index contributed by atoms with van der Waals surface area (Å²) >= 11 is 3.53. The number of ether oxygens (including phenoxy) is 2. The van der Waals surface area contributed by atoms with Crippen molar-refractivity contribution in [1.29, 1.82) is 0 Å². The quantitative estimate of drug-likeness (QED) is 0.928. The number of benzene rings is 1. The smallest absolute Gasteiger partial charge is 0.303 e. The lowest BCUT2D eigenvalue weighted by Crippen LogP contribution is -2.17. The van der Waals surface area contributed by atoms with Gasteiger partial charge in [-0.25, -0.2) is 0 Å². The van der Waals surface area contributed by atoms with Gasteiger partial charge in [0.05, 0.1) is 4.47 Å². The van der Waals surface area contributed by atoms with Gasteiger partial charge in [-0.1, -0.05) is 6.92 Å². The number of hydrogen-bond donors (Lipinski definition) is 1. The summed E-state index contributed by atoms with van der Waals surface area (Å²) in [5.41, 5.74) is 2.11. The van der Waals surface area contributed by atoms with Gasteiger partial charge in [0.25, 0.3) is 0 Å². The van der Waals surface area contributed by atoms with E-state index in [0.717, 1.165) is 27.8 Å². The lowest BCUT2D eigenvalue weighted by Gasteiger charge is -2.23. The highest BCUT2D eigenvalue weighted by molar-refractivity contribution is 9.10. The van der Waals surface area contributed by atoms with Gasteiger partial charge >= 0.3 is 5.97 Å². The molecule has 0 radical (unpaired) electrons. The van der Waals surface area contributed by atoms with Gasteiger partial charge in [0.15, 0.2) is 11.5 Å². The Hall–Kier alpha value is -1.23. The summed E-state index contributed by atoms with van der Waals surface area (Å²) in [4.78, 5) is 10.7. The topological polar surface area (TPSA) is 55.8 Å². The zero-order valence-electron chi connectivity index (χ0n) is 10.2. The molecule has 0 spiro atoms. The number of aryl methyl sites for hydroxylation is 1. The third-order valence-electron chi connectivity index (χ3n) is 2.93. The predicted octanol–water partition coefficient (Wildman–Crippen LogP) is 2.80. The fourth-order valence-electron chi connectivity index (χ4n) is 2.08. The standard InChI is InChI=1S/C13H15BrO4/c1-2-9-8(3-4-11(15)16)7-10-13(12(9)14)18-6-5-17-10/h7H,2-6H2,1H3,(H,15,16). The monoisotopic (exact) mass is 314 g/mol. The Morgan fingerprint density at radius 3 is 2.83 bits per heavy atom. The fraction of sp³-hybridized carbons (Fsp3) is 0.462. The van der Waals surface area contributed by atoms with Gasteiger partial charge in [-0.2, -0.15) is 0 Å². The van der Waals surface area contributed by atoms with Crippen LogP contribution in [0.3, 0.4) is 0 Å². The van der Waals surface area contributed by atoms with E-state index in [2.05, 4.69) is 15.9 Å². The number of rotatable bonds is 4. The first-order valence-corrected chi connectivity index (χ1v) is 6.74. The van der Waals surface area contributed by atoms with Crippen LogP contribution in [-0.2, 0) is 17.6 Å². The summed E-state index contributed by atoms with van der Waals surface area (Å²) < 4.78 is 12.0. The molecule has 0 aliphatic carbocycles. The van der Waals surface area contributed by atoms with Crippen LogP contribution in [-0.4, -0.2) is 24.3 Å². The number of carbonyl (C=O) groups is 1. The van der Waals surface area contributed by atoms with Crippen molar-refractivity contribution in [1.82, 2.24) is 0 Å². The van der Waals surface area contributed by atoms with E-state index >= 15 is 0 Å². The summed E-state index contributed by atoms with van der Waals surface area (Å²) in [6.07, 6.45) is 1.46. The van der Waals surface area contributed by atoms with Crippen LogP contribution in [0, 0.1) is 0 Å². The number of halogens is 1. The fourth-order valence-corrected chi connectivity index (χ4v) is 2.93. The zero-order valence-corrected chi connectivity index (χ0v) is 11.7. The van der Waals surface area contributed by atoms with E-state index in [1.54, 1.807) is 0 Å². The number of carboxylic acids is 1. The maximum absolute atomic E-state index is 10.7. The largest absolute Gasteiger partial charge is 0.486 e. The first-order chi connectivity index (χ1) is 8.63. The van der Waals surface area contributed by atoms with E-state index in [4.69, 9.17) is 14.6 Å². The van der Waals surface area contributed by atoms with Crippen LogP contribution in [0.5, 0.6) is 11.5 Å². The Labute approximate surface area is 114 Å². The highest BCUT2D eigenvalue weighted by atomic mass is 79.9. The van der Waals surface area contributed by atoms with E-state index < -0.39 is 5.97 Å². The molecule has 1 aliphatic rings. The molecule has 1 N–H and O–H groups in total. The maximum atomic E-state index is 10.7. The van der Waals surface area contributed by atoms with Crippen molar-refractivity contribution in [3.05, 3.63) is 21.7 Å². The third-order valence-corrected chi connectivity index (χ3v) is 3.77. The second-order valence-corrected chi connectivity index (χ2v) is 4.89. The van der Waals surface area contributed by atoms with Crippen molar-refractivity contribution in [3.8, 4) is 11.5 Å². The first kappa shape index (κ1) is 13.2. The predicted molar refractivity (Wildman–Crippen MR) is 70.5 cm³/mol. The molecular formula is C13H15BrO4. The summed E-state index contributed by atoms with van der Waals surface area (Å²) in [6.45, 7) is 3.12. The lowest BCUT2D eigenvalue weighted by atomic mass is 9.99. The molecule has 0 fully saturated rings. The first-order valence-electron chi connectivity index (χ1n) is 5.95. The Bertz CT molecular complexity index is 471. The lowest BCUT2D eigenvalue weighted by molar-refractivity contribution is -0.136. The van der Waals surface area contributed by atoms with Crippen LogP contribution in [0.1, 0.15) is 24.5 Å². The highest BCUT2D eigenvalue weighted by Gasteiger charge is 2.20. The van der Waals surface area contributed by atoms with Crippen LogP contribution in [0.4, 0.5) is 0 Å². The van der Waals surface area contributed by atoms with Crippen molar-refractivity contribution in [2.75, 3.05) is 13.2 Å². The van der Waals surface area contributed by atoms with Crippen LogP contribution in [0.25, 0.3) is 0 Å². The van der Waals surface area contributed by atoms with Crippen molar-refractivity contribution >= 4 is 21.9 Å². The van der Waals surface area contributed by atoms with Crippen LogP contribution in [0.2, 0.25) is 0 Å². The second-order valence-electron chi connectivity index (χ2n) is 4.10. The van der Waals surface area contributed by atoms with Crippen molar-refractivity contribution in [2.24, 2.45) is 0 Å². The molecule has 0 unspecified atom stereocenters. The Kier molecular flexibility index (Phi) is 4.11. The molecule has 98 valence electrons. The van der Waals surface area contributed by atoms with Gasteiger partial charge in [-0.05, 0) is 46.0 Å². The molecule has 5 heteroatoms. The Morgan fingerprint density at radius 2 is 2.17 bits per heavy atom. The zero-order chi connectivity index (χ0) is 13.1. The molecule has 4 nitrogen and oxygen atoms in total. The van der Waals surface area contributed by atoms with E-state index in [9.17, 15) is 4.79 Å². The van der Waals surface area contributed by atoms with Gasteiger partial charge in [0.1, 0.15) is 13.2 Å². The maximum Gasteiger partial charge on any atom is 0.303 e. The summed E-state index contributed by atoms with van der Waals surface area (Å²) in [7, 11) is 0. The molecule has 1 aliphatic heterocycles. The summed E-state index contributed by atoms with van der Waals surface area (Å²) in [6, 6.07) is 1.90. The van der Waals surface area contributed by atoms with Crippen molar-refractivity contribution in [3.63, 3.8) is 0 Å². The number of hydrogen-bond acceptors (Lipinski definition) is 3. The molecule has 2 rings (SSSR count). The number of aliphatic carboxylic acids is 1. The Balaban J connectivity index is 2.38. The summed E-state index contributed by atoms with van der Waals surface area (Å²) in [5, 5.41) is 8.78. The second kappa shape index (κ2) is 5.61. The van der Waals surface area contributed by atoms with E-state index in [1.165, 1.54) is 0 Å². The molecule has 0 aromatic heterocycles. The average Bonchev–Trinajstić information content (AvgIpc) is 2.36.